The number of amides is 1. The molecule has 114 valence electrons. The lowest BCUT2D eigenvalue weighted by Gasteiger charge is -2.34. The van der Waals surface area contributed by atoms with Gasteiger partial charge in [-0.25, -0.2) is 0 Å². The number of Topliss-reactive ketones (excluding diaryl/α,β-unsaturated/α-hetero) is 1. The van der Waals surface area contributed by atoms with Gasteiger partial charge in [-0.3, -0.25) is 14.4 Å². The van der Waals surface area contributed by atoms with Crippen LogP contribution in [0.3, 0.4) is 0 Å². The predicted octanol–water partition coefficient (Wildman–Crippen LogP) is 1.26. The third-order valence-corrected chi connectivity index (χ3v) is 4.62. The number of carbonyl (C=O) groups is 3. The minimum Gasteiger partial charge on any atom is -0.481 e. The number of aryl methyl sites for hydroxylation is 1. The standard InChI is InChI=1S/C14H18N2O4S/c1-9(17)10-5-12(15(2)7-10)14(20)16-3-4-21-8-11(16)6-13(18)19/h5,7,11H,3-4,6,8H2,1-2H3,(H,18,19). The minimum atomic E-state index is -0.906. The first-order chi connectivity index (χ1) is 9.90. The molecule has 0 aromatic carbocycles. The van der Waals surface area contributed by atoms with Gasteiger partial charge in [0.2, 0.25) is 0 Å². The van der Waals surface area contributed by atoms with Crippen molar-refractivity contribution in [2.45, 2.75) is 19.4 Å². The highest BCUT2D eigenvalue weighted by Gasteiger charge is 2.30. The third-order valence-electron chi connectivity index (χ3n) is 3.53. The summed E-state index contributed by atoms with van der Waals surface area (Å²) in [6.07, 6.45) is 1.57. The van der Waals surface area contributed by atoms with Crippen molar-refractivity contribution in [3.63, 3.8) is 0 Å². The first-order valence-corrected chi connectivity index (χ1v) is 7.83. The summed E-state index contributed by atoms with van der Waals surface area (Å²) in [5.41, 5.74) is 0.907. The molecule has 2 heterocycles. The van der Waals surface area contributed by atoms with Gasteiger partial charge in [-0.05, 0) is 13.0 Å². The Morgan fingerprint density at radius 3 is 2.71 bits per heavy atom. The van der Waals surface area contributed by atoms with Crippen molar-refractivity contribution in [2.75, 3.05) is 18.1 Å². The largest absolute Gasteiger partial charge is 0.481 e. The maximum atomic E-state index is 12.6. The lowest BCUT2D eigenvalue weighted by Crippen LogP contribution is -2.47. The monoisotopic (exact) mass is 310 g/mol. The molecule has 1 N–H and O–H groups in total. The Hall–Kier alpha value is -1.76. The predicted molar refractivity (Wildman–Crippen MR) is 79.8 cm³/mol. The molecule has 7 heteroatoms. The van der Waals surface area contributed by atoms with Crippen LogP contribution in [0, 0.1) is 0 Å². The van der Waals surface area contributed by atoms with Crippen LogP contribution < -0.4 is 0 Å². The van der Waals surface area contributed by atoms with E-state index in [4.69, 9.17) is 5.11 Å². The molecule has 1 saturated heterocycles. The van der Waals surface area contributed by atoms with Gasteiger partial charge in [-0.1, -0.05) is 0 Å². The van der Waals surface area contributed by atoms with Gasteiger partial charge in [0, 0.05) is 36.9 Å². The SMILES string of the molecule is CC(=O)c1cc(C(=O)N2CCSCC2CC(=O)O)n(C)c1. The summed E-state index contributed by atoms with van der Waals surface area (Å²) >= 11 is 1.66. The molecule has 0 bridgehead atoms. The van der Waals surface area contributed by atoms with Crippen LogP contribution >= 0.6 is 11.8 Å². The molecule has 21 heavy (non-hydrogen) atoms. The van der Waals surface area contributed by atoms with Crippen molar-refractivity contribution in [3.05, 3.63) is 23.5 Å². The average molecular weight is 310 g/mol. The second kappa shape index (κ2) is 6.34. The highest BCUT2D eigenvalue weighted by molar-refractivity contribution is 7.99. The van der Waals surface area contributed by atoms with Gasteiger partial charge < -0.3 is 14.6 Å². The van der Waals surface area contributed by atoms with E-state index in [1.165, 1.54) is 6.92 Å². The van der Waals surface area contributed by atoms with E-state index in [9.17, 15) is 14.4 Å². The summed E-state index contributed by atoms with van der Waals surface area (Å²) in [5, 5.41) is 8.97. The fourth-order valence-electron chi connectivity index (χ4n) is 2.41. The molecule has 1 aliphatic rings. The molecule has 0 radical (unpaired) electrons. The summed E-state index contributed by atoms with van der Waals surface area (Å²) in [4.78, 5) is 36.6. The number of carbonyl (C=O) groups excluding carboxylic acids is 2. The van der Waals surface area contributed by atoms with E-state index in [-0.39, 0.29) is 24.2 Å². The van der Waals surface area contributed by atoms with Crippen molar-refractivity contribution < 1.29 is 19.5 Å². The average Bonchev–Trinajstić information content (AvgIpc) is 2.80. The van der Waals surface area contributed by atoms with E-state index >= 15 is 0 Å². The maximum absolute atomic E-state index is 12.6. The number of ketones is 1. The summed E-state index contributed by atoms with van der Waals surface area (Å²) in [6, 6.07) is 1.27. The Morgan fingerprint density at radius 1 is 1.43 bits per heavy atom. The summed E-state index contributed by atoms with van der Waals surface area (Å²) in [7, 11) is 1.71. The van der Waals surface area contributed by atoms with Gasteiger partial charge in [0.1, 0.15) is 5.69 Å². The van der Waals surface area contributed by atoms with Gasteiger partial charge >= 0.3 is 5.97 Å². The molecule has 1 aromatic heterocycles. The zero-order valence-electron chi connectivity index (χ0n) is 12.0. The smallest absolute Gasteiger partial charge is 0.305 e. The first-order valence-electron chi connectivity index (χ1n) is 6.68. The van der Waals surface area contributed by atoms with Gasteiger partial charge in [-0.2, -0.15) is 11.8 Å². The van der Waals surface area contributed by atoms with E-state index < -0.39 is 5.97 Å². The molecule has 1 aromatic rings. The zero-order chi connectivity index (χ0) is 15.6. The number of aliphatic carboxylic acids is 1. The molecule has 1 unspecified atom stereocenters. The third kappa shape index (κ3) is 3.47. The molecule has 2 rings (SSSR count). The molecule has 0 aliphatic carbocycles. The van der Waals surface area contributed by atoms with Gasteiger partial charge in [0.05, 0.1) is 12.5 Å². The number of aromatic nitrogens is 1. The second-order valence-electron chi connectivity index (χ2n) is 5.11. The first kappa shape index (κ1) is 15.6. The highest BCUT2D eigenvalue weighted by Crippen LogP contribution is 2.22. The van der Waals surface area contributed by atoms with Crippen LogP contribution in [0.4, 0.5) is 0 Å². The molecule has 0 spiro atoms. The van der Waals surface area contributed by atoms with Gasteiger partial charge in [0.15, 0.2) is 5.78 Å². The number of hydrogen-bond acceptors (Lipinski definition) is 4. The lowest BCUT2D eigenvalue weighted by molar-refractivity contribution is -0.138. The number of thioether (sulfide) groups is 1. The van der Waals surface area contributed by atoms with Crippen LogP contribution in [0.15, 0.2) is 12.3 Å². The Bertz CT molecular complexity index is 582. The number of rotatable bonds is 4. The lowest BCUT2D eigenvalue weighted by atomic mass is 10.1. The number of hydrogen-bond donors (Lipinski definition) is 1. The highest BCUT2D eigenvalue weighted by atomic mass is 32.2. The molecule has 1 amide bonds. The Kier molecular flexibility index (Phi) is 4.72. The molecule has 1 fully saturated rings. The number of carboxylic acids is 1. The zero-order valence-corrected chi connectivity index (χ0v) is 12.9. The van der Waals surface area contributed by atoms with E-state index in [2.05, 4.69) is 0 Å². The maximum Gasteiger partial charge on any atom is 0.305 e. The number of nitrogens with zero attached hydrogens (tertiary/aromatic N) is 2. The van der Waals surface area contributed by atoms with Crippen molar-refractivity contribution in [3.8, 4) is 0 Å². The van der Waals surface area contributed by atoms with Crippen LogP contribution in [0.5, 0.6) is 0 Å². The van der Waals surface area contributed by atoms with Crippen molar-refractivity contribution in [1.82, 2.24) is 9.47 Å². The molecule has 1 aliphatic heterocycles. The van der Waals surface area contributed by atoms with Gasteiger partial charge in [0.25, 0.3) is 5.91 Å². The Balaban J connectivity index is 2.24. The number of carboxylic acid groups (broad SMARTS) is 1. The quantitative estimate of drug-likeness (QED) is 0.847. The molecule has 1 atom stereocenters. The molecular formula is C14H18N2O4S. The van der Waals surface area contributed by atoms with Crippen LogP contribution in [0.25, 0.3) is 0 Å². The fraction of sp³-hybridized carbons (Fsp3) is 0.500. The van der Waals surface area contributed by atoms with Crippen molar-refractivity contribution in [2.24, 2.45) is 7.05 Å². The van der Waals surface area contributed by atoms with E-state index in [1.807, 2.05) is 0 Å². The second-order valence-corrected chi connectivity index (χ2v) is 6.26. The Labute approximate surface area is 127 Å². The van der Waals surface area contributed by atoms with Crippen LogP contribution in [-0.4, -0.2) is 56.3 Å². The van der Waals surface area contributed by atoms with Crippen LogP contribution in [0.1, 0.15) is 34.2 Å². The fourth-order valence-corrected chi connectivity index (χ4v) is 3.47. The van der Waals surface area contributed by atoms with Crippen LogP contribution in [-0.2, 0) is 11.8 Å². The summed E-state index contributed by atoms with van der Waals surface area (Å²) in [6.45, 7) is 1.98. The van der Waals surface area contributed by atoms with E-state index in [1.54, 1.807) is 40.5 Å². The normalized spacial score (nSPS) is 18.6. The topological polar surface area (TPSA) is 79.6 Å². The van der Waals surface area contributed by atoms with Crippen LogP contribution in [0.2, 0.25) is 0 Å². The minimum absolute atomic E-state index is 0.0528. The molecule has 6 nitrogen and oxygen atoms in total. The van der Waals surface area contributed by atoms with E-state index in [0.29, 0.717) is 23.6 Å². The summed E-state index contributed by atoms with van der Waals surface area (Å²) in [5.74, 6) is 0.211. The molecule has 0 saturated carbocycles. The summed E-state index contributed by atoms with van der Waals surface area (Å²) < 4.78 is 1.62. The van der Waals surface area contributed by atoms with Gasteiger partial charge in [-0.15, -0.1) is 0 Å². The molecular weight excluding hydrogens is 292 g/mol. The van der Waals surface area contributed by atoms with E-state index in [0.717, 1.165) is 5.75 Å². The van der Waals surface area contributed by atoms with Crippen molar-refractivity contribution in [1.29, 1.82) is 0 Å². The Morgan fingerprint density at radius 2 is 2.14 bits per heavy atom. The van der Waals surface area contributed by atoms with Crippen molar-refractivity contribution >= 4 is 29.4 Å².